The van der Waals surface area contributed by atoms with Crippen molar-refractivity contribution in [3.8, 4) is 22.1 Å². The predicted octanol–water partition coefficient (Wildman–Crippen LogP) is 4.28. The van der Waals surface area contributed by atoms with Gasteiger partial charge in [-0.15, -0.1) is 11.3 Å². The Morgan fingerprint density at radius 3 is 2.68 bits per heavy atom. The third-order valence-corrected chi connectivity index (χ3v) is 5.25. The van der Waals surface area contributed by atoms with Gasteiger partial charge in [0.1, 0.15) is 17.3 Å². The minimum absolute atomic E-state index is 0.0407. The molecule has 0 spiro atoms. The molecule has 0 fully saturated rings. The summed E-state index contributed by atoms with van der Waals surface area (Å²) in [5, 5.41) is 16.5. The molecule has 0 aliphatic heterocycles. The Bertz CT molecular complexity index is 1070. The SMILES string of the molecule is COc1ccc(-c2nc(COC(=O)CCNc3ccccc3[N+](=O)[O-])cs2)cc1OC. The lowest BCUT2D eigenvalue weighted by Crippen LogP contribution is -2.12. The Morgan fingerprint density at radius 1 is 1.16 bits per heavy atom. The number of hydrogen-bond donors (Lipinski definition) is 1. The number of nitro benzene ring substituents is 1. The summed E-state index contributed by atoms with van der Waals surface area (Å²) in [6.45, 7) is 0.270. The van der Waals surface area contributed by atoms with Gasteiger partial charge in [-0.1, -0.05) is 12.1 Å². The first kappa shape index (κ1) is 22.0. The molecule has 0 aliphatic carbocycles. The average molecular weight is 443 g/mol. The molecule has 0 atom stereocenters. The van der Waals surface area contributed by atoms with Crippen molar-refractivity contribution >= 4 is 28.7 Å². The molecule has 0 saturated heterocycles. The van der Waals surface area contributed by atoms with Crippen LogP contribution in [-0.4, -0.2) is 36.6 Å². The van der Waals surface area contributed by atoms with Gasteiger partial charge in [0.15, 0.2) is 11.5 Å². The maximum absolute atomic E-state index is 12.0. The number of para-hydroxylation sites is 2. The Morgan fingerprint density at radius 2 is 1.94 bits per heavy atom. The maximum atomic E-state index is 12.0. The number of methoxy groups -OCH3 is 2. The van der Waals surface area contributed by atoms with E-state index in [4.69, 9.17) is 14.2 Å². The van der Waals surface area contributed by atoms with Crippen molar-refractivity contribution in [2.24, 2.45) is 0 Å². The number of aromatic nitrogens is 1. The van der Waals surface area contributed by atoms with Crippen LogP contribution < -0.4 is 14.8 Å². The van der Waals surface area contributed by atoms with E-state index >= 15 is 0 Å². The van der Waals surface area contributed by atoms with Crippen LogP contribution in [0.3, 0.4) is 0 Å². The van der Waals surface area contributed by atoms with E-state index in [0.29, 0.717) is 22.9 Å². The number of ether oxygens (including phenoxy) is 3. The van der Waals surface area contributed by atoms with Crippen molar-refractivity contribution in [3.63, 3.8) is 0 Å². The van der Waals surface area contributed by atoms with Crippen molar-refractivity contribution < 1.29 is 23.9 Å². The second-order valence-corrected chi connectivity index (χ2v) is 7.18. The summed E-state index contributed by atoms with van der Waals surface area (Å²) in [6, 6.07) is 11.8. The first-order valence-electron chi connectivity index (χ1n) is 9.31. The van der Waals surface area contributed by atoms with Crippen LogP contribution in [0, 0.1) is 10.1 Å². The Labute approximate surface area is 182 Å². The van der Waals surface area contributed by atoms with E-state index < -0.39 is 10.9 Å². The minimum atomic E-state index is -0.473. The fourth-order valence-corrected chi connectivity index (χ4v) is 3.58. The molecule has 1 N–H and O–H groups in total. The average Bonchev–Trinajstić information content (AvgIpc) is 3.26. The first-order valence-corrected chi connectivity index (χ1v) is 10.2. The number of thiazole rings is 1. The van der Waals surface area contributed by atoms with Gasteiger partial charge in [0, 0.05) is 23.6 Å². The highest BCUT2D eigenvalue weighted by Crippen LogP contribution is 2.33. The van der Waals surface area contributed by atoms with Crippen molar-refractivity contribution in [3.05, 3.63) is 63.7 Å². The fraction of sp³-hybridized carbons (Fsp3) is 0.238. The highest BCUT2D eigenvalue weighted by Gasteiger charge is 2.13. The number of anilines is 1. The zero-order valence-corrected chi connectivity index (χ0v) is 17.8. The second-order valence-electron chi connectivity index (χ2n) is 6.33. The van der Waals surface area contributed by atoms with Crippen molar-refractivity contribution in [1.82, 2.24) is 4.98 Å². The molecule has 2 aromatic carbocycles. The molecule has 0 radical (unpaired) electrons. The largest absolute Gasteiger partial charge is 0.493 e. The molecular formula is C21H21N3O6S. The van der Waals surface area contributed by atoms with Gasteiger partial charge < -0.3 is 19.5 Å². The summed E-state index contributed by atoms with van der Waals surface area (Å²) >= 11 is 1.43. The summed E-state index contributed by atoms with van der Waals surface area (Å²) in [5.74, 6) is 0.812. The highest BCUT2D eigenvalue weighted by molar-refractivity contribution is 7.13. The van der Waals surface area contributed by atoms with Gasteiger partial charge in [0.2, 0.25) is 0 Å². The summed E-state index contributed by atoms with van der Waals surface area (Å²) in [7, 11) is 3.14. The summed E-state index contributed by atoms with van der Waals surface area (Å²) in [5.41, 5.74) is 1.82. The maximum Gasteiger partial charge on any atom is 0.307 e. The number of rotatable bonds is 10. The smallest absolute Gasteiger partial charge is 0.307 e. The van der Waals surface area contributed by atoms with Gasteiger partial charge in [-0.3, -0.25) is 14.9 Å². The molecular weight excluding hydrogens is 422 g/mol. The standard InChI is InChI=1S/C21H21N3O6S/c1-28-18-8-7-14(11-19(18)29-2)21-23-15(13-31-21)12-30-20(25)9-10-22-16-5-3-4-6-17(16)24(26)27/h3-8,11,13,22H,9-10,12H2,1-2H3. The Kier molecular flexibility index (Phi) is 7.39. The topological polar surface area (TPSA) is 113 Å². The molecule has 0 saturated carbocycles. The van der Waals surface area contributed by atoms with E-state index in [1.165, 1.54) is 17.4 Å². The van der Waals surface area contributed by atoms with Crippen LogP contribution in [0.25, 0.3) is 10.6 Å². The van der Waals surface area contributed by atoms with E-state index in [1.54, 1.807) is 38.5 Å². The summed E-state index contributed by atoms with van der Waals surface area (Å²) < 4.78 is 15.8. The van der Waals surface area contributed by atoms with Crippen molar-refractivity contribution in [2.75, 3.05) is 26.1 Å². The summed E-state index contributed by atoms with van der Waals surface area (Å²) in [4.78, 5) is 27.0. The van der Waals surface area contributed by atoms with Crippen molar-refractivity contribution in [2.45, 2.75) is 13.0 Å². The number of nitrogens with zero attached hydrogens (tertiary/aromatic N) is 2. The predicted molar refractivity (Wildman–Crippen MR) is 117 cm³/mol. The Hall–Kier alpha value is -3.66. The van der Waals surface area contributed by atoms with E-state index in [1.807, 2.05) is 17.5 Å². The van der Waals surface area contributed by atoms with Gasteiger partial charge >= 0.3 is 5.97 Å². The van der Waals surface area contributed by atoms with Crippen LogP contribution >= 0.6 is 11.3 Å². The highest BCUT2D eigenvalue weighted by atomic mass is 32.1. The van der Waals surface area contributed by atoms with Crippen molar-refractivity contribution in [1.29, 1.82) is 0 Å². The number of esters is 1. The lowest BCUT2D eigenvalue weighted by molar-refractivity contribution is -0.384. The molecule has 0 amide bonds. The molecule has 3 aromatic rings. The third-order valence-electron chi connectivity index (χ3n) is 4.31. The van der Waals surface area contributed by atoms with Crippen LogP contribution in [0.2, 0.25) is 0 Å². The molecule has 0 bridgehead atoms. The van der Waals surface area contributed by atoms with E-state index in [9.17, 15) is 14.9 Å². The first-order chi connectivity index (χ1) is 15.0. The lowest BCUT2D eigenvalue weighted by atomic mass is 10.2. The van der Waals surface area contributed by atoms with E-state index in [2.05, 4.69) is 10.3 Å². The number of nitro groups is 1. The number of carbonyl (C=O) groups excluding carboxylic acids is 1. The van der Waals surface area contributed by atoms with Crippen LogP contribution in [0.4, 0.5) is 11.4 Å². The molecule has 1 aromatic heterocycles. The van der Waals surface area contributed by atoms with Gasteiger partial charge in [-0.25, -0.2) is 4.98 Å². The number of benzene rings is 2. The molecule has 31 heavy (non-hydrogen) atoms. The summed E-state index contributed by atoms with van der Waals surface area (Å²) in [6.07, 6.45) is 0.0682. The van der Waals surface area contributed by atoms with Crippen LogP contribution in [0.1, 0.15) is 12.1 Å². The normalized spacial score (nSPS) is 10.4. The molecule has 10 heteroatoms. The lowest BCUT2D eigenvalue weighted by Gasteiger charge is -2.08. The van der Waals surface area contributed by atoms with Crippen LogP contribution in [0.5, 0.6) is 11.5 Å². The minimum Gasteiger partial charge on any atom is -0.493 e. The second kappa shape index (κ2) is 10.4. The van der Waals surface area contributed by atoms with E-state index in [-0.39, 0.29) is 25.3 Å². The van der Waals surface area contributed by atoms with Crippen LogP contribution in [0.15, 0.2) is 47.8 Å². The van der Waals surface area contributed by atoms with Gasteiger partial charge in [0.05, 0.1) is 31.3 Å². The number of nitrogens with one attached hydrogen (secondary N) is 1. The molecule has 0 unspecified atom stereocenters. The van der Waals surface area contributed by atoms with E-state index in [0.717, 1.165) is 10.6 Å². The monoisotopic (exact) mass is 443 g/mol. The molecule has 1 heterocycles. The van der Waals surface area contributed by atoms with Gasteiger partial charge in [-0.2, -0.15) is 0 Å². The van der Waals surface area contributed by atoms with Gasteiger partial charge in [0.25, 0.3) is 5.69 Å². The number of hydrogen-bond acceptors (Lipinski definition) is 9. The molecule has 3 rings (SSSR count). The Balaban J connectivity index is 1.51. The van der Waals surface area contributed by atoms with Gasteiger partial charge in [-0.05, 0) is 24.3 Å². The fourth-order valence-electron chi connectivity index (χ4n) is 2.78. The molecule has 0 aliphatic rings. The third kappa shape index (κ3) is 5.70. The zero-order chi connectivity index (χ0) is 22.2. The quantitative estimate of drug-likeness (QED) is 0.281. The zero-order valence-electron chi connectivity index (χ0n) is 17.0. The van der Waals surface area contributed by atoms with Crippen LogP contribution in [-0.2, 0) is 16.1 Å². The number of carbonyl (C=O) groups is 1. The molecule has 9 nitrogen and oxygen atoms in total. The molecule has 162 valence electrons.